The number of nitrogens with zero attached hydrogens (tertiary/aromatic N) is 2. The summed E-state index contributed by atoms with van der Waals surface area (Å²) in [6.45, 7) is 2.23. The molecule has 1 saturated heterocycles. The molecular formula is C12H14N4O2. The molecular weight excluding hydrogens is 232 g/mol. The van der Waals surface area contributed by atoms with Crippen molar-refractivity contribution in [2.24, 2.45) is 5.73 Å². The summed E-state index contributed by atoms with van der Waals surface area (Å²) in [7, 11) is 0. The summed E-state index contributed by atoms with van der Waals surface area (Å²) in [6.07, 6.45) is 3.29. The molecule has 2 heterocycles. The number of pyridine rings is 1. The van der Waals surface area contributed by atoms with E-state index >= 15 is 0 Å². The van der Waals surface area contributed by atoms with Crippen LogP contribution in [0.2, 0.25) is 0 Å². The minimum Gasteiger partial charge on any atom is -0.403 e. The van der Waals surface area contributed by atoms with E-state index in [9.17, 15) is 9.59 Å². The van der Waals surface area contributed by atoms with Gasteiger partial charge in [0, 0.05) is 25.4 Å². The first kappa shape index (κ1) is 12.1. The van der Waals surface area contributed by atoms with Gasteiger partial charge in [-0.3, -0.25) is 20.0 Å². The standard InChI is InChI=1S/C12H14N4O2/c1-8-2-3-9(14-7-8)10(6-13)16-5-4-11(17)15-12(16)18/h2-3,6-7H,4-5,13H2,1H3,(H,15,17,18). The average Bonchev–Trinajstić information content (AvgIpc) is 2.35. The SMILES string of the molecule is Cc1ccc(C(=CN)N2CCC(=O)NC2=O)nc1. The minimum absolute atomic E-state index is 0.259. The number of nitrogens with two attached hydrogens (primary N) is 1. The summed E-state index contributed by atoms with van der Waals surface area (Å²) in [6, 6.07) is 3.21. The Bertz CT molecular complexity index is 507. The van der Waals surface area contributed by atoms with Gasteiger partial charge in [0.1, 0.15) is 0 Å². The minimum atomic E-state index is -0.467. The zero-order valence-electron chi connectivity index (χ0n) is 10.0. The largest absolute Gasteiger partial charge is 0.403 e. The van der Waals surface area contributed by atoms with Crippen LogP contribution in [-0.4, -0.2) is 28.4 Å². The van der Waals surface area contributed by atoms with Crippen LogP contribution < -0.4 is 11.1 Å². The Morgan fingerprint density at radius 2 is 2.28 bits per heavy atom. The first-order valence-corrected chi connectivity index (χ1v) is 5.58. The highest BCUT2D eigenvalue weighted by Crippen LogP contribution is 2.18. The summed E-state index contributed by atoms with van der Waals surface area (Å²) in [5.41, 5.74) is 7.69. The van der Waals surface area contributed by atoms with E-state index in [0.717, 1.165) is 5.56 Å². The van der Waals surface area contributed by atoms with Gasteiger partial charge in [0.05, 0.1) is 11.4 Å². The smallest absolute Gasteiger partial charge is 0.328 e. The molecule has 0 bridgehead atoms. The van der Waals surface area contributed by atoms with Crippen LogP contribution in [0, 0.1) is 6.92 Å². The lowest BCUT2D eigenvalue weighted by atomic mass is 10.2. The Balaban J connectivity index is 2.27. The molecule has 3 amide bonds. The third-order valence-electron chi connectivity index (χ3n) is 2.68. The monoisotopic (exact) mass is 246 g/mol. The van der Waals surface area contributed by atoms with Crippen LogP contribution in [0.5, 0.6) is 0 Å². The Morgan fingerprint density at radius 3 is 2.83 bits per heavy atom. The topological polar surface area (TPSA) is 88.3 Å². The fourth-order valence-corrected chi connectivity index (χ4v) is 1.73. The number of hydrogen-bond acceptors (Lipinski definition) is 4. The predicted molar refractivity (Wildman–Crippen MR) is 66.0 cm³/mol. The number of nitrogens with one attached hydrogen (secondary N) is 1. The van der Waals surface area contributed by atoms with Gasteiger partial charge in [0.15, 0.2) is 0 Å². The first-order valence-electron chi connectivity index (χ1n) is 5.58. The van der Waals surface area contributed by atoms with Crippen molar-refractivity contribution in [3.05, 3.63) is 35.8 Å². The number of urea groups is 1. The Labute approximate surface area is 104 Å². The van der Waals surface area contributed by atoms with Crippen LogP contribution in [0.1, 0.15) is 17.7 Å². The van der Waals surface area contributed by atoms with E-state index in [1.54, 1.807) is 12.3 Å². The van der Waals surface area contributed by atoms with Crippen molar-refractivity contribution in [3.63, 3.8) is 0 Å². The van der Waals surface area contributed by atoms with E-state index in [-0.39, 0.29) is 12.3 Å². The number of amides is 3. The molecule has 6 heteroatoms. The highest BCUT2D eigenvalue weighted by Gasteiger charge is 2.26. The lowest BCUT2D eigenvalue weighted by Crippen LogP contribution is -2.48. The number of hydrogen-bond donors (Lipinski definition) is 2. The molecule has 94 valence electrons. The van der Waals surface area contributed by atoms with Gasteiger partial charge in [-0.1, -0.05) is 6.07 Å². The van der Waals surface area contributed by atoms with Gasteiger partial charge < -0.3 is 5.73 Å². The van der Waals surface area contributed by atoms with Crippen LogP contribution >= 0.6 is 0 Å². The summed E-state index contributed by atoms with van der Waals surface area (Å²) < 4.78 is 0. The first-order chi connectivity index (χ1) is 8.61. The van der Waals surface area contributed by atoms with Gasteiger partial charge in [0.2, 0.25) is 5.91 Å². The van der Waals surface area contributed by atoms with Gasteiger partial charge in [0.25, 0.3) is 0 Å². The lowest BCUT2D eigenvalue weighted by Gasteiger charge is -2.28. The molecule has 0 atom stereocenters. The molecule has 1 aromatic rings. The molecule has 0 aliphatic carbocycles. The van der Waals surface area contributed by atoms with E-state index < -0.39 is 6.03 Å². The maximum Gasteiger partial charge on any atom is 0.328 e. The van der Waals surface area contributed by atoms with E-state index in [2.05, 4.69) is 10.3 Å². The molecule has 1 aliphatic rings. The summed E-state index contributed by atoms with van der Waals surface area (Å²) in [5, 5.41) is 2.25. The molecule has 6 nitrogen and oxygen atoms in total. The van der Waals surface area contributed by atoms with Crippen molar-refractivity contribution in [2.45, 2.75) is 13.3 Å². The normalized spacial score (nSPS) is 16.7. The zero-order valence-corrected chi connectivity index (χ0v) is 10.0. The van der Waals surface area contributed by atoms with Crippen molar-refractivity contribution < 1.29 is 9.59 Å². The van der Waals surface area contributed by atoms with Crippen LogP contribution in [0.3, 0.4) is 0 Å². The second-order valence-electron chi connectivity index (χ2n) is 4.03. The Hall–Kier alpha value is -2.37. The maximum absolute atomic E-state index is 11.7. The Morgan fingerprint density at radius 1 is 1.50 bits per heavy atom. The van der Waals surface area contributed by atoms with Crippen LogP contribution in [0.4, 0.5) is 4.79 Å². The maximum atomic E-state index is 11.7. The van der Waals surface area contributed by atoms with E-state index in [0.29, 0.717) is 17.9 Å². The summed E-state index contributed by atoms with van der Waals surface area (Å²) >= 11 is 0. The number of rotatable bonds is 2. The third-order valence-corrected chi connectivity index (χ3v) is 2.68. The molecule has 2 rings (SSSR count). The molecule has 0 saturated carbocycles. The summed E-state index contributed by atoms with van der Waals surface area (Å²) in [5.74, 6) is -0.274. The van der Waals surface area contributed by atoms with Gasteiger partial charge in [-0.2, -0.15) is 0 Å². The molecule has 1 fully saturated rings. The molecule has 0 spiro atoms. The van der Waals surface area contributed by atoms with Crippen molar-refractivity contribution in [2.75, 3.05) is 6.54 Å². The molecule has 0 unspecified atom stereocenters. The molecule has 1 aromatic heterocycles. The number of aryl methyl sites for hydroxylation is 1. The molecule has 18 heavy (non-hydrogen) atoms. The molecule has 3 N–H and O–H groups in total. The van der Waals surface area contributed by atoms with E-state index in [1.165, 1.54) is 11.1 Å². The molecule has 0 radical (unpaired) electrons. The third kappa shape index (κ3) is 2.32. The lowest BCUT2D eigenvalue weighted by molar-refractivity contribution is -0.121. The van der Waals surface area contributed by atoms with Gasteiger partial charge in [-0.25, -0.2) is 4.79 Å². The van der Waals surface area contributed by atoms with Crippen LogP contribution in [0.25, 0.3) is 5.70 Å². The van der Waals surface area contributed by atoms with Crippen molar-refractivity contribution in [3.8, 4) is 0 Å². The van der Waals surface area contributed by atoms with Gasteiger partial charge >= 0.3 is 6.03 Å². The fraction of sp³-hybridized carbons (Fsp3) is 0.250. The zero-order chi connectivity index (χ0) is 13.1. The fourth-order valence-electron chi connectivity index (χ4n) is 1.73. The Kier molecular flexibility index (Phi) is 3.27. The average molecular weight is 246 g/mol. The highest BCUT2D eigenvalue weighted by atomic mass is 16.2. The molecule has 1 aliphatic heterocycles. The van der Waals surface area contributed by atoms with Crippen molar-refractivity contribution in [1.29, 1.82) is 0 Å². The number of carbonyl (C=O) groups excluding carboxylic acids is 2. The van der Waals surface area contributed by atoms with Crippen molar-refractivity contribution in [1.82, 2.24) is 15.2 Å². The van der Waals surface area contributed by atoms with Crippen LogP contribution in [0.15, 0.2) is 24.5 Å². The molecule has 0 aromatic carbocycles. The van der Waals surface area contributed by atoms with Crippen molar-refractivity contribution >= 4 is 17.6 Å². The summed E-state index contributed by atoms with van der Waals surface area (Å²) in [4.78, 5) is 28.4. The quantitative estimate of drug-likeness (QED) is 0.799. The van der Waals surface area contributed by atoms with E-state index in [1.807, 2.05) is 13.0 Å². The number of carbonyl (C=O) groups is 2. The second kappa shape index (κ2) is 4.87. The predicted octanol–water partition coefficient (Wildman–Crippen LogP) is 0.589. The number of imide groups is 1. The number of aromatic nitrogens is 1. The van der Waals surface area contributed by atoms with E-state index in [4.69, 9.17) is 5.73 Å². The van der Waals surface area contributed by atoms with Gasteiger partial charge in [-0.05, 0) is 18.6 Å². The second-order valence-corrected chi connectivity index (χ2v) is 4.03. The van der Waals surface area contributed by atoms with Crippen LogP contribution in [-0.2, 0) is 4.79 Å². The van der Waals surface area contributed by atoms with Gasteiger partial charge in [-0.15, -0.1) is 0 Å². The highest BCUT2D eigenvalue weighted by molar-refractivity contribution is 6.00.